The maximum atomic E-state index is 13.1. The number of aromatic nitrogens is 2. The molecule has 0 bridgehead atoms. The van der Waals surface area contributed by atoms with Crippen LogP contribution in [0.1, 0.15) is 22.8 Å². The quantitative estimate of drug-likeness (QED) is 0.511. The third kappa shape index (κ3) is 5.38. The average Bonchev–Trinajstić information content (AvgIpc) is 2.76. The highest BCUT2D eigenvalue weighted by Gasteiger charge is 2.25. The molecule has 0 aliphatic carbocycles. The van der Waals surface area contributed by atoms with Crippen LogP contribution in [0.2, 0.25) is 0 Å². The van der Waals surface area contributed by atoms with Crippen molar-refractivity contribution >= 4 is 24.0 Å². The van der Waals surface area contributed by atoms with Gasteiger partial charge in [-0.05, 0) is 36.8 Å². The number of hydrogen-bond acceptors (Lipinski definition) is 7. The number of carbonyl (C=O) groups is 1. The molecule has 8 nitrogen and oxygen atoms in total. The van der Waals surface area contributed by atoms with Gasteiger partial charge in [0.2, 0.25) is 0 Å². The lowest BCUT2D eigenvalue weighted by Gasteiger charge is -2.33. The van der Waals surface area contributed by atoms with Crippen LogP contribution in [0.3, 0.4) is 0 Å². The van der Waals surface area contributed by atoms with E-state index in [2.05, 4.69) is 10.2 Å². The summed E-state index contributed by atoms with van der Waals surface area (Å²) in [5.74, 6) is -0.641. The zero-order valence-corrected chi connectivity index (χ0v) is 18.7. The highest BCUT2D eigenvalue weighted by molar-refractivity contribution is 7.71. The van der Waals surface area contributed by atoms with Gasteiger partial charge in [-0.25, -0.2) is 9.18 Å². The van der Waals surface area contributed by atoms with Crippen LogP contribution in [-0.4, -0.2) is 59.0 Å². The van der Waals surface area contributed by atoms with Crippen molar-refractivity contribution in [1.82, 2.24) is 14.0 Å². The number of benzene rings is 1. The molecule has 1 saturated heterocycles. The number of halogens is 1. The van der Waals surface area contributed by atoms with Crippen LogP contribution in [0.5, 0.6) is 0 Å². The van der Waals surface area contributed by atoms with Crippen LogP contribution in [0.25, 0.3) is 0 Å². The van der Waals surface area contributed by atoms with E-state index in [1.54, 1.807) is 30.7 Å². The summed E-state index contributed by atoms with van der Waals surface area (Å²) in [5, 5.41) is 3.17. The predicted molar refractivity (Wildman–Crippen MR) is 117 cm³/mol. The van der Waals surface area contributed by atoms with E-state index in [1.807, 2.05) is 0 Å². The summed E-state index contributed by atoms with van der Waals surface area (Å²) in [6.07, 6.45) is -0.165. The van der Waals surface area contributed by atoms with E-state index in [1.165, 1.54) is 23.7 Å². The second-order valence-electron chi connectivity index (χ2n) is 7.39. The van der Waals surface area contributed by atoms with Crippen molar-refractivity contribution in [2.24, 2.45) is 14.1 Å². The molecule has 1 aliphatic rings. The van der Waals surface area contributed by atoms with Crippen molar-refractivity contribution < 1.29 is 18.7 Å². The molecule has 1 fully saturated rings. The van der Waals surface area contributed by atoms with Gasteiger partial charge in [-0.2, -0.15) is 0 Å². The summed E-state index contributed by atoms with van der Waals surface area (Å²) in [6.45, 7) is 4.86. The first kappa shape index (κ1) is 23.1. The summed E-state index contributed by atoms with van der Waals surface area (Å²) in [5.41, 5.74) is 0.430. The number of rotatable bonds is 7. The van der Waals surface area contributed by atoms with Crippen molar-refractivity contribution in [3.8, 4) is 0 Å². The molecular weight excluding hydrogens is 423 g/mol. The summed E-state index contributed by atoms with van der Waals surface area (Å²) < 4.78 is 27.2. The van der Waals surface area contributed by atoms with Crippen LogP contribution in [0.4, 0.5) is 10.2 Å². The van der Waals surface area contributed by atoms with Crippen molar-refractivity contribution in [3.05, 3.63) is 56.3 Å². The molecule has 1 atom stereocenters. The van der Waals surface area contributed by atoms with E-state index >= 15 is 0 Å². The van der Waals surface area contributed by atoms with Gasteiger partial charge in [-0.1, -0.05) is 12.1 Å². The third-order valence-corrected chi connectivity index (χ3v) is 5.73. The van der Waals surface area contributed by atoms with Gasteiger partial charge in [-0.3, -0.25) is 14.3 Å². The number of carbonyl (C=O) groups excluding carboxylic acids is 1. The van der Waals surface area contributed by atoms with Gasteiger partial charge in [0, 0.05) is 40.3 Å². The molecule has 2 heterocycles. The molecular formula is C21H27FN4O4S. The van der Waals surface area contributed by atoms with Crippen LogP contribution in [0.15, 0.2) is 29.1 Å². The van der Waals surface area contributed by atoms with Crippen molar-refractivity contribution in [1.29, 1.82) is 0 Å². The monoisotopic (exact) mass is 450 g/mol. The number of ether oxygens (including phenoxy) is 2. The fraction of sp³-hybridized carbons (Fsp3) is 0.476. The highest BCUT2D eigenvalue weighted by Crippen LogP contribution is 2.16. The third-order valence-electron chi connectivity index (χ3n) is 5.18. The topological polar surface area (TPSA) is 77.7 Å². The van der Waals surface area contributed by atoms with Crippen LogP contribution >= 0.6 is 12.2 Å². The number of morpholine rings is 1. The number of nitrogens with zero attached hydrogens (tertiary/aromatic N) is 3. The van der Waals surface area contributed by atoms with E-state index in [9.17, 15) is 14.0 Å². The largest absolute Gasteiger partial charge is 0.462 e. The minimum absolute atomic E-state index is 0.0839. The molecule has 0 spiro atoms. The van der Waals surface area contributed by atoms with Gasteiger partial charge < -0.3 is 19.4 Å². The Morgan fingerprint density at radius 1 is 1.29 bits per heavy atom. The van der Waals surface area contributed by atoms with E-state index in [0.29, 0.717) is 32.1 Å². The minimum atomic E-state index is -0.696. The molecule has 10 heteroatoms. The van der Waals surface area contributed by atoms with Crippen molar-refractivity contribution in [3.63, 3.8) is 0 Å². The molecule has 0 radical (unpaired) electrons. The Morgan fingerprint density at radius 2 is 2.00 bits per heavy atom. The van der Waals surface area contributed by atoms with Crippen molar-refractivity contribution in [2.45, 2.75) is 19.6 Å². The molecule has 3 rings (SSSR count). The molecule has 1 aromatic heterocycles. The Labute approximate surface area is 185 Å². The number of hydrogen-bond donors (Lipinski definition) is 1. The normalized spacial score (nSPS) is 16.8. The maximum absolute atomic E-state index is 13.1. The van der Waals surface area contributed by atoms with Gasteiger partial charge >= 0.3 is 5.97 Å². The van der Waals surface area contributed by atoms with Gasteiger partial charge in [0.25, 0.3) is 5.56 Å². The van der Waals surface area contributed by atoms with Gasteiger partial charge in [0.05, 0.1) is 19.3 Å². The Kier molecular flexibility index (Phi) is 7.58. The molecule has 1 aliphatic heterocycles. The zero-order chi connectivity index (χ0) is 22.5. The molecule has 31 heavy (non-hydrogen) atoms. The van der Waals surface area contributed by atoms with Gasteiger partial charge in [0.1, 0.15) is 11.6 Å². The summed E-state index contributed by atoms with van der Waals surface area (Å²) in [6, 6.07) is 6.45. The maximum Gasteiger partial charge on any atom is 0.347 e. The van der Waals surface area contributed by atoms with Crippen LogP contribution in [0, 0.1) is 10.6 Å². The molecule has 2 aromatic rings. The Balaban J connectivity index is 1.74. The molecule has 1 aromatic carbocycles. The molecule has 1 unspecified atom stereocenters. The van der Waals surface area contributed by atoms with E-state index in [4.69, 9.17) is 21.7 Å². The summed E-state index contributed by atoms with van der Waals surface area (Å²) >= 11 is 5.32. The van der Waals surface area contributed by atoms with Crippen molar-refractivity contribution in [2.75, 3.05) is 38.2 Å². The van der Waals surface area contributed by atoms with E-state index < -0.39 is 11.5 Å². The van der Waals surface area contributed by atoms with Crippen LogP contribution in [-0.2, 0) is 30.1 Å². The lowest BCUT2D eigenvalue weighted by atomic mass is 10.2. The zero-order valence-electron chi connectivity index (χ0n) is 17.9. The number of nitrogens with one attached hydrogen (secondary N) is 1. The molecule has 1 N–H and O–H groups in total. The Hall–Kier alpha value is -2.56. The fourth-order valence-corrected chi connectivity index (χ4v) is 3.72. The second kappa shape index (κ2) is 10.2. The average molecular weight is 451 g/mol. The number of esters is 1. The predicted octanol–water partition coefficient (Wildman–Crippen LogP) is 2.08. The van der Waals surface area contributed by atoms with E-state index in [-0.39, 0.29) is 28.9 Å². The first-order valence-electron chi connectivity index (χ1n) is 10.1. The fourth-order valence-electron chi connectivity index (χ4n) is 3.54. The van der Waals surface area contributed by atoms with Gasteiger partial charge in [-0.15, -0.1) is 0 Å². The van der Waals surface area contributed by atoms with Gasteiger partial charge in [0.15, 0.2) is 10.3 Å². The summed E-state index contributed by atoms with van der Waals surface area (Å²) in [4.78, 5) is 27.3. The molecule has 0 saturated carbocycles. The van der Waals surface area contributed by atoms with Crippen LogP contribution < -0.4 is 10.9 Å². The second-order valence-corrected chi connectivity index (χ2v) is 7.75. The first-order valence-corrected chi connectivity index (χ1v) is 10.5. The first-order chi connectivity index (χ1) is 14.8. The summed E-state index contributed by atoms with van der Waals surface area (Å²) in [7, 11) is 3.21. The minimum Gasteiger partial charge on any atom is -0.462 e. The smallest absolute Gasteiger partial charge is 0.347 e. The van der Waals surface area contributed by atoms with E-state index in [0.717, 1.165) is 12.1 Å². The Morgan fingerprint density at radius 3 is 2.68 bits per heavy atom. The SMILES string of the molecule is CCOC(=O)c1c(NCC2CN(Cc3ccc(F)cc3)CCO2)n(C)c(=S)n(C)c1=O. The lowest BCUT2D eigenvalue weighted by Crippen LogP contribution is -2.45. The Bertz CT molecular complexity index is 1050. The molecule has 0 amide bonds. The number of anilines is 1. The standard InChI is InChI=1S/C21H27FN4O4S/c1-4-29-20(28)17-18(24(2)21(31)25(3)19(17)27)23-11-16-13-26(9-10-30-16)12-14-5-7-15(22)8-6-14/h5-8,16,23H,4,9-13H2,1-3H3. The highest BCUT2D eigenvalue weighted by atomic mass is 32.1. The molecule has 168 valence electrons. The lowest BCUT2D eigenvalue weighted by molar-refractivity contribution is -0.0241.